The molecule has 2 fully saturated rings. The smallest absolute Gasteiger partial charge is 0.408 e. The molecule has 0 unspecified atom stereocenters. The van der Waals surface area contributed by atoms with Gasteiger partial charge in [0, 0.05) is 31.7 Å². The molecule has 1 aliphatic carbocycles. The number of likely N-dealkylation sites (N-methyl/N-ethyl adjacent to an activating group) is 1. The van der Waals surface area contributed by atoms with Crippen LogP contribution in [0.4, 0.5) is 9.18 Å². The average molecular weight is 756 g/mol. The molecular formula is C42H54FN7O5. The van der Waals surface area contributed by atoms with Crippen LogP contribution < -0.4 is 21.9 Å². The molecule has 2 amide bonds. The first-order valence-electron chi connectivity index (χ1n) is 19.4. The molecule has 0 bridgehead atoms. The first kappa shape index (κ1) is 39.8. The van der Waals surface area contributed by atoms with Crippen LogP contribution in [0.1, 0.15) is 78.3 Å². The van der Waals surface area contributed by atoms with Crippen LogP contribution in [-0.4, -0.2) is 86.8 Å². The minimum absolute atomic E-state index is 0.0116. The van der Waals surface area contributed by atoms with Gasteiger partial charge in [0.15, 0.2) is 5.65 Å². The number of pyridine rings is 1. The number of rotatable bonds is 9. The van der Waals surface area contributed by atoms with Crippen molar-refractivity contribution >= 4 is 23.0 Å². The van der Waals surface area contributed by atoms with Gasteiger partial charge in [0.1, 0.15) is 17.5 Å². The normalized spacial score (nSPS) is 19.2. The Kier molecular flexibility index (Phi) is 12.2. The molecule has 4 aromatic rings. The lowest BCUT2D eigenvalue weighted by Crippen LogP contribution is -2.53. The number of hydrogen-bond acceptors (Lipinski definition) is 8. The second-order valence-corrected chi connectivity index (χ2v) is 16.4. The number of nitrogens with one attached hydrogen (secondary N) is 2. The van der Waals surface area contributed by atoms with Crippen molar-refractivity contribution in [3.8, 4) is 16.8 Å². The lowest BCUT2D eigenvalue weighted by Gasteiger charge is -2.32. The van der Waals surface area contributed by atoms with E-state index in [1.807, 2.05) is 32.0 Å². The summed E-state index contributed by atoms with van der Waals surface area (Å²) in [5.41, 5.74) is 1.83. The molecule has 1 aliphatic heterocycles. The standard InChI is InChI=1S/C42H54FN7O5/c1-27(2)36(46-40(53)55-42(3,4)5)38(51)45-32-15-17-33(18-16-32)50-39(52)35-24-31(43)25-44-37(35)49(41(50)54)34-10-7-9-30(23-34)29-13-11-28(12-14-29)26-48-20-8-19-47(6)21-22-48/h7,9-14,23-25,27,32-33,36H,8,15-22,26H2,1-6H3,(H,45,51)(H,46,53)/t32?,33?,36-/m1/s1. The van der Waals surface area contributed by atoms with E-state index in [-0.39, 0.29) is 28.9 Å². The van der Waals surface area contributed by atoms with Crippen LogP contribution in [0.15, 0.2) is 70.4 Å². The van der Waals surface area contributed by atoms with E-state index in [9.17, 15) is 23.6 Å². The van der Waals surface area contributed by atoms with Crippen molar-refractivity contribution in [1.82, 2.24) is 34.6 Å². The van der Waals surface area contributed by atoms with Crippen LogP contribution in [0.5, 0.6) is 0 Å². The highest BCUT2D eigenvalue weighted by molar-refractivity contribution is 5.86. The van der Waals surface area contributed by atoms with E-state index in [1.165, 1.54) is 14.7 Å². The third kappa shape index (κ3) is 9.68. The fourth-order valence-corrected chi connectivity index (χ4v) is 7.62. The summed E-state index contributed by atoms with van der Waals surface area (Å²) in [6, 6.07) is 15.6. The Morgan fingerprint density at radius 1 is 0.945 bits per heavy atom. The molecule has 2 N–H and O–H groups in total. The van der Waals surface area contributed by atoms with Crippen LogP contribution in [0.3, 0.4) is 0 Å². The number of halogens is 1. The highest BCUT2D eigenvalue weighted by Crippen LogP contribution is 2.29. The number of ether oxygens (including phenoxy) is 1. The van der Waals surface area contributed by atoms with E-state index >= 15 is 0 Å². The van der Waals surface area contributed by atoms with Gasteiger partial charge in [0.05, 0.1) is 17.3 Å². The van der Waals surface area contributed by atoms with Crippen LogP contribution in [0.2, 0.25) is 0 Å². The van der Waals surface area contributed by atoms with Crippen molar-refractivity contribution in [3.05, 3.63) is 93.0 Å². The third-order valence-corrected chi connectivity index (χ3v) is 10.5. The summed E-state index contributed by atoms with van der Waals surface area (Å²) in [6.45, 7) is 14.1. The topological polar surface area (TPSA) is 131 Å². The fraction of sp³-hybridized carbons (Fsp3) is 0.500. The van der Waals surface area contributed by atoms with Gasteiger partial charge in [-0.2, -0.15) is 0 Å². The van der Waals surface area contributed by atoms with Gasteiger partial charge in [-0.05, 0) is 114 Å². The summed E-state index contributed by atoms with van der Waals surface area (Å²) < 4.78 is 22.6. The first-order valence-corrected chi connectivity index (χ1v) is 19.4. The van der Waals surface area contributed by atoms with Crippen molar-refractivity contribution in [3.63, 3.8) is 0 Å². The number of benzene rings is 2. The lowest BCUT2D eigenvalue weighted by molar-refractivity contribution is -0.125. The summed E-state index contributed by atoms with van der Waals surface area (Å²) in [5.74, 6) is -1.19. The Bertz CT molecular complexity index is 2120. The van der Waals surface area contributed by atoms with E-state index in [0.29, 0.717) is 31.4 Å². The second kappa shape index (κ2) is 16.9. The van der Waals surface area contributed by atoms with Crippen molar-refractivity contribution in [2.75, 3.05) is 33.2 Å². The number of amides is 2. The molecule has 0 spiro atoms. The highest BCUT2D eigenvalue weighted by Gasteiger charge is 2.32. The minimum atomic E-state index is -0.800. The molecular weight excluding hydrogens is 702 g/mol. The zero-order valence-corrected chi connectivity index (χ0v) is 32.8. The molecule has 13 heteroatoms. The van der Waals surface area contributed by atoms with Crippen LogP contribution in [0.25, 0.3) is 27.8 Å². The molecule has 2 aromatic carbocycles. The average Bonchev–Trinajstić information content (AvgIpc) is 3.34. The minimum Gasteiger partial charge on any atom is -0.444 e. The van der Waals surface area contributed by atoms with Crippen molar-refractivity contribution in [1.29, 1.82) is 0 Å². The summed E-state index contributed by atoms with van der Waals surface area (Å²) in [4.78, 5) is 63.2. The molecule has 1 saturated carbocycles. The van der Waals surface area contributed by atoms with Crippen LogP contribution in [0, 0.1) is 11.7 Å². The number of aromatic nitrogens is 3. The summed E-state index contributed by atoms with van der Waals surface area (Å²) in [5, 5.41) is 5.75. The van der Waals surface area contributed by atoms with Gasteiger partial charge in [-0.3, -0.25) is 19.1 Å². The number of alkyl carbamates (subject to hydrolysis) is 1. The van der Waals surface area contributed by atoms with Gasteiger partial charge in [0.25, 0.3) is 5.56 Å². The lowest BCUT2D eigenvalue weighted by atomic mass is 9.90. The van der Waals surface area contributed by atoms with E-state index in [4.69, 9.17) is 4.74 Å². The zero-order chi connectivity index (χ0) is 39.4. The molecule has 0 radical (unpaired) electrons. The van der Waals surface area contributed by atoms with E-state index < -0.39 is 40.8 Å². The number of carbonyl (C=O) groups excluding carboxylic acids is 2. The Hall–Kier alpha value is -4.88. The van der Waals surface area contributed by atoms with Crippen molar-refractivity contribution in [2.24, 2.45) is 5.92 Å². The van der Waals surface area contributed by atoms with Crippen LogP contribution >= 0.6 is 0 Å². The maximum atomic E-state index is 14.6. The monoisotopic (exact) mass is 755 g/mol. The number of hydrogen-bond donors (Lipinski definition) is 2. The van der Waals surface area contributed by atoms with Crippen LogP contribution in [-0.2, 0) is 16.1 Å². The molecule has 2 aliphatic rings. The van der Waals surface area contributed by atoms with E-state index in [1.54, 1.807) is 26.8 Å². The quantitative estimate of drug-likeness (QED) is 0.225. The third-order valence-electron chi connectivity index (χ3n) is 10.5. The second-order valence-electron chi connectivity index (χ2n) is 16.4. The Labute approximate surface area is 321 Å². The molecule has 12 nitrogen and oxygen atoms in total. The molecule has 1 saturated heterocycles. The maximum Gasteiger partial charge on any atom is 0.408 e. The van der Waals surface area contributed by atoms with Crippen molar-refractivity contribution < 1.29 is 18.7 Å². The molecule has 1 atom stereocenters. The molecule has 6 rings (SSSR count). The van der Waals surface area contributed by atoms with Gasteiger partial charge in [-0.25, -0.2) is 23.5 Å². The van der Waals surface area contributed by atoms with Gasteiger partial charge in [-0.15, -0.1) is 0 Å². The molecule has 294 valence electrons. The SMILES string of the molecule is CC(C)[C@@H](NC(=O)OC(C)(C)C)C(=O)NC1CCC(n2c(=O)c3cc(F)cnc3n(-c3cccc(-c4ccc(CN5CCCN(C)CC5)cc4)c3)c2=O)CC1. The Morgan fingerprint density at radius 2 is 1.67 bits per heavy atom. The van der Waals surface area contributed by atoms with E-state index in [0.717, 1.165) is 62.5 Å². The summed E-state index contributed by atoms with van der Waals surface area (Å²) >= 11 is 0. The number of carbonyl (C=O) groups is 2. The predicted molar refractivity (Wildman–Crippen MR) is 212 cm³/mol. The predicted octanol–water partition coefficient (Wildman–Crippen LogP) is 5.64. The fourth-order valence-electron chi connectivity index (χ4n) is 7.62. The number of fused-ring (bicyclic) bond motifs is 1. The largest absolute Gasteiger partial charge is 0.444 e. The van der Waals surface area contributed by atoms with Gasteiger partial charge < -0.3 is 20.3 Å². The summed E-state index contributed by atoms with van der Waals surface area (Å²) in [7, 11) is 2.17. The first-order chi connectivity index (χ1) is 26.2. The summed E-state index contributed by atoms with van der Waals surface area (Å²) in [6.07, 6.45) is 3.36. The highest BCUT2D eigenvalue weighted by atomic mass is 19.1. The van der Waals surface area contributed by atoms with Crippen molar-refractivity contribution in [2.45, 2.75) is 97.0 Å². The zero-order valence-electron chi connectivity index (χ0n) is 32.8. The van der Waals surface area contributed by atoms with E-state index in [2.05, 4.69) is 56.7 Å². The molecule has 3 heterocycles. The van der Waals surface area contributed by atoms with Gasteiger partial charge >= 0.3 is 11.8 Å². The molecule has 2 aromatic heterocycles. The Balaban J connectivity index is 1.22. The number of nitrogens with zero attached hydrogens (tertiary/aromatic N) is 5. The molecule has 55 heavy (non-hydrogen) atoms. The maximum absolute atomic E-state index is 14.6. The van der Waals surface area contributed by atoms with Gasteiger partial charge in [-0.1, -0.05) is 50.2 Å². The van der Waals surface area contributed by atoms with Gasteiger partial charge in [0.2, 0.25) is 5.91 Å². The Morgan fingerprint density at radius 3 is 2.36 bits per heavy atom.